The number of nitriles is 1. The highest BCUT2D eigenvalue weighted by molar-refractivity contribution is 8.00. The van der Waals surface area contributed by atoms with Crippen LogP contribution in [0, 0.1) is 11.3 Å². The Kier molecular flexibility index (Phi) is 7.38. The number of hydrogen-bond acceptors (Lipinski definition) is 6. The van der Waals surface area contributed by atoms with Crippen LogP contribution in [0.5, 0.6) is 0 Å². The van der Waals surface area contributed by atoms with Crippen molar-refractivity contribution in [2.24, 2.45) is 0 Å². The molecule has 2 heterocycles. The fraction of sp³-hybridized carbons (Fsp3) is 0.233. The summed E-state index contributed by atoms with van der Waals surface area (Å²) in [6.45, 7) is 1.80. The van der Waals surface area contributed by atoms with Crippen molar-refractivity contribution in [1.29, 1.82) is 5.26 Å². The number of nitrogens with zero attached hydrogens (tertiary/aromatic N) is 3. The maximum atomic E-state index is 13.0. The van der Waals surface area contributed by atoms with Crippen molar-refractivity contribution in [1.82, 2.24) is 9.97 Å². The number of carbonyl (C=O) groups excluding carboxylic acids is 1. The number of carboxylic acids is 1. The van der Waals surface area contributed by atoms with Gasteiger partial charge in [0.15, 0.2) is 0 Å². The van der Waals surface area contributed by atoms with Gasteiger partial charge < -0.3 is 10.4 Å². The van der Waals surface area contributed by atoms with Crippen molar-refractivity contribution >= 4 is 40.2 Å². The van der Waals surface area contributed by atoms with E-state index in [0.717, 1.165) is 48.9 Å². The molecule has 7 nitrogen and oxygen atoms in total. The van der Waals surface area contributed by atoms with E-state index in [1.54, 1.807) is 55.5 Å². The van der Waals surface area contributed by atoms with Gasteiger partial charge in [-0.05, 0) is 68.5 Å². The molecule has 0 fully saturated rings. The minimum atomic E-state index is -1.01. The quantitative estimate of drug-likeness (QED) is 0.227. The number of hydrogen-bond donors (Lipinski definition) is 2. The van der Waals surface area contributed by atoms with Crippen LogP contribution in [0.25, 0.3) is 22.2 Å². The third kappa shape index (κ3) is 5.38. The van der Waals surface area contributed by atoms with E-state index in [-0.39, 0.29) is 11.5 Å². The van der Waals surface area contributed by atoms with Crippen molar-refractivity contribution in [3.8, 4) is 17.3 Å². The molecule has 0 bridgehead atoms. The number of carboxylic acid groups (broad SMARTS) is 1. The predicted octanol–water partition coefficient (Wildman–Crippen LogP) is 6.25. The van der Waals surface area contributed by atoms with Crippen molar-refractivity contribution in [2.75, 3.05) is 5.32 Å². The maximum Gasteiger partial charge on any atom is 0.336 e. The second-order valence-electron chi connectivity index (χ2n) is 9.32. The Hall–Kier alpha value is -4.22. The predicted molar refractivity (Wildman–Crippen MR) is 148 cm³/mol. The van der Waals surface area contributed by atoms with E-state index >= 15 is 0 Å². The third-order valence-electron chi connectivity index (χ3n) is 6.69. The summed E-state index contributed by atoms with van der Waals surface area (Å²) in [5.74, 6) is -1.20. The Bertz CT molecular complexity index is 1580. The summed E-state index contributed by atoms with van der Waals surface area (Å²) >= 11 is 1.30. The summed E-state index contributed by atoms with van der Waals surface area (Å²) in [7, 11) is 0. The highest BCUT2D eigenvalue weighted by Gasteiger charge is 2.21. The smallest absolute Gasteiger partial charge is 0.336 e. The molecule has 190 valence electrons. The molecule has 2 N–H and O–H groups in total. The molecule has 0 spiro atoms. The number of nitrogens with one attached hydrogen (secondary N) is 1. The molecule has 1 amide bonds. The highest BCUT2D eigenvalue weighted by Crippen LogP contribution is 2.30. The second-order valence-corrected chi connectivity index (χ2v) is 10.7. The molecule has 1 unspecified atom stereocenters. The van der Waals surface area contributed by atoms with Gasteiger partial charge in [0, 0.05) is 22.3 Å². The van der Waals surface area contributed by atoms with Crippen molar-refractivity contribution in [2.45, 2.75) is 49.3 Å². The molecule has 2 aromatic heterocycles. The molecular weight excluding hydrogens is 496 g/mol. The molecule has 38 heavy (non-hydrogen) atoms. The van der Waals surface area contributed by atoms with Gasteiger partial charge in [-0.2, -0.15) is 5.26 Å². The maximum absolute atomic E-state index is 13.0. The lowest BCUT2D eigenvalue weighted by molar-refractivity contribution is -0.115. The SMILES string of the molecule is CC(Sc1nc2c(cc1C#N)CCCCC2)C(=O)Nc1ccc(-c2cc(C(=O)O)c3ccccc3n2)cc1. The van der Waals surface area contributed by atoms with Gasteiger partial charge in [-0.15, -0.1) is 0 Å². The zero-order valence-electron chi connectivity index (χ0n) is 20.9. The lowest BCUT2D eigenvalue weighted by Gasteiger charge is -2.15. The van der Waals surface area contributed by atoms with Gasteiger partial charge in [-0.1, -0.05) is 48.5 Å². The summed E-state index contributed by atoms with van der Waals surface area (Å²) in [5.41, 5.74) is 5.40. The molecule has 5 rings (SSSR count). The number of carbonyl (C=O) groups is 2. The fourth-order valence-electron chi connectivity index (χ4n) is 4.65. The average molecular weight is 523 g/mol. The molecule has 4 aromatic rings. The number of pyridine rings is 2. The number of benzene rings is 2. The van der Waals surface area contributed by atoms with E-state index in [1.165, 1.54) is 11.8 Å². The molecule has 0 radical (unpaired) electrons. The van der Waals surface area contributed by atoms with E-state index in [1.807, 2.05) is 12.1 Å². The van der Waals surface area contributed by atoms with E-state index < -0.39 is 11.2 Å². The largest absolute Gasteiger partial charge is 0.478 e. The Morgan fingerprint density at radius 3 is 2.55 bits per heavy atom. The van der Waals surface area contributed by atoms with E-state index in [4.69, 9.17) is 4.98 Å². The number of para-hydroxylation sites is 1. The lowest BCUT2D eigenvalue weighted by atomic mass is 10.0. The number of rotatable bonds is 6. The zero-order chi connectivity index (χ0) is 26.6. The Labute approximate surface area is 224 Å². The van der Waals surface area contributed by atoms with Gasteiger partial charge in [-0.25, -0.2) is 14.8 Å². The summed E-state index contributed by atoms with van der Waals surface area (Å²) in [5, 5.41) is 23.0. The monoisotopic (exact) mass is 522 g/mol. The van der Waals surface area contributed by atoms with Crippen LogP contribution in [0.1, 0.15) is 53.4 Å². The van der Waals surface area contributed by atoms with Gasteiger partial charge >= 0.3 is 5.97 Å². The fourth-order valence-corrected chi connectivity index (χ4v) is 5.55. The molecule has 0 aliphatic heterocycles. The minimum absolute atomic E-state index is 0.192. The van der Waals surface area contributed by atoms with E-state index in [0.29, 0.717) is 32.9 Å². The number of aromatic carboxylic acids is 1. The van der Waals surface area contributed by atoms with Crippen LogP contribution in [0.15, 0.2) is 65.7 Å². The van der Waals surface area contributed by atoms with E-state index in [2.05, 4.69) is 16.4 Å². The van der Waals surface area contributed by atoms with Crippen LogP contribution in [0.2, 0.25) is 0 Å². The highest BCUT2D eigenvalue weighted by atomic mass is 32.2. The lowest BCUT2D eigenvalue weighted by Crippen LogP contribution is -2.22. The van der Waals surface area contributed by atoms with Gasteiger partial charge in [0.1, 0.15) is 11.1 Å². The van der Waals surface area contributed by atoms with Crippen molar-refractivity contribution in [3.05, 3.63) is 83.0 Å². The van der Waals surface area contributed by atoms with Crippen LogP contribution < -0.4 is 5.32 Å². The van der Waals surface area contributed by atoms with Crippen LogP contribution in [-0.4, -0.2) is 32.2 Å². The number of thioether (sulfide) groups is 1. The van der Waals surface area contributed by atoms with Gasteiger partial charge in [-0.3, -0.25) is 4.79 Å². The standard InChI is InChI=1S/C30H26N4O3S/c1-18(38-29-21(17-31)15-20-7-3-2-4-9-25(20)34-29)28(35)32-22-13-11-19(12-14-22)27-16-24(30(36)37)23-8-5-6-10-26(23)33-27/h5-6,8,10-16,18H,2-4,7,9H2,1H3,(H,32,35)(H,36,37). The molecule has 0 saturated heterocycles. The summed E-state index contributed by atoms with van der Waals surface area (Å²) in [6.07, 6.45) is 5.22. The Morgan fingerprint density at radius 1 is 1.03 bits per heavy atom. The number of anilines is 1. The Balaban J connectivity index is 1.31. The third-order valence-corrected chi connectivity index (χ3v) is 7.79. The van der Waals surface area contributed by atoms with Crippen LogP contribution in [0.3, 0.4) is 0 Å². The van der Waals surface area contributed by atoms with Crippen molar-refractivity contribution < 1.29 is 14.7 Å². The van der Waals surface area contributed by atoms with Crippen LogP contribution in [0.4, 0.5) is 5.69 Å². The normalized spacial score (nSPS) is 13.7. The topological polar surface area (TPSA) is 116 Å². The molecular formula is C30H26N4O3S. The second kappa shape index (κ2) is 11.0. The summed E-state index contributed by atoms with van der Waals surface area (Å²) in [4.78, 5) is 34.1. The van der Waals surface area contributed by atoms with Crippen LogP contribution in [-0.2, 0) is 17.6 Å². The number of fused-ring (bicyclic) bond motifs is 2. The number of amides is 1. The minimum Gasteiger partial charge on any atom is -0.478 e. The summed E-state index contributed by atoms with van der Waals surface area (Å²) < 4.78 is 0. The van der Waals surface area contributed by atoms with Crippen LogP contribution >= 0.6 is 11.8 Å². The van der Waals surface area contributed by atoms with Crippen molar-refractivity contribution in [3.63, 3.8) is 0 Å². The van der Waals surface area contributed by atoms with Gasteiger partial charge in [0.05, 0.1) is 27.6 Å². The summed E-state index contributed by atoms with van der Waals surface area (Å²) in [6, 6.07) is 20.0. The van der Waals surface area contributed by atoms with Gasteiger partial charge in [0.2, 0.25) is 5.91 Å². The number of aromatic nitrogens is 2. The first-order valence-corrected chi connectivity index (χ1v) is 13.4. The average Bonchev–Trinajstić information content (AvgIpc) is 3.17. The molecule has 1 aliphatic carbocycles. The first kappa shape index (κ1) is 25.4. The number of aryl methyl sites for hydroxylation is 2. The molecule has 8 heteroatoms. The molecule has 1 aliphatic rings. The first-order chi connectivity index (χ1) is 18.4. The molecule has 0 saturated carbocycles. The van der Waals surface area contributed by atoms with Gasteiger partial charge in [0.25, 0.3) is 0 Å². The van der Waals surface area contributed by atoms with E-state index in [9.17, 15) is 20.0 Å². The zero-order valence-corrected chi connectivity index (χ0v) is 21.7. The molecule has 1 atom stereocenters. The molecule has 2 aromatic carbocycles. The Morgan fingerprint density at radius 2 is 1.79 bits per heavy atom. The first-order valence-electron chi connectivity index (χ1n) is 12.6.